The van der Waals surface area contributed by atoms with E-state index < -0.39 is 0 Å². The van der Waals surface area contributed by atoms with Crippen molar-refractivity contribution in [2.75, 3.05) is 20.2 Å². The molecule has 1 saturated heterocycles. The third kappa shape index (κ3) is 4.57. The Hall–Kier alpha value is -0.120. The lowest BCUT2D eigenvalue weighted by molar-refractivity contribution is 0.0671. The molecule has 4 atom stereocenters. The van der Waals surface area contributed by atoms with Crippen LogP contribution < -0.4 is 5.32 Å². The first-order valence-corrected chi connectivity index (χ1v) is 7.13. The zero-order chi connectivity index (χ0) is 12.8. The molecule has 1 N–H and O–H groups in total. The number of nitrogens with one attached hydrogen (secondary N) is 1. The Morgan fingerprint density at radius 3 is 2.65 bits per heavy atom. The van der Waals surface area contributed by atoms with Gasteiger partial charge in [0.15, 0.2) is 0 Å². The van der Waals surface area contributed by atoms with Gasteiger partial charge in [-0.25, -0.2) is 0 Å². The molecule has 0 amide bonds. The number of hydrogen-bond donors (Lipinski definition) is 1. The van der Waals surface area contributed by atoms with Gasteiger partial charge in [0.2, 0.25) is 0 Å². The van der Waals surface area contributed by atoms with Crippen molar-refractivity contribution in [1.82, 2.24) is 10.2 Å². The molecule has 1 fully saturated rings. The highest BCUT2D eigenvalue weighted by atomic mass is 16.5. The average molecular weight is 242 g/mol. The van der Waals surface area contributed by atoms with Crippen LogP contribution in [0, 0.1) is 0 Å². The summed E-state index contributed by atoms with van der Waals surface area (Å²) in [6.45, 7) is 11.1. The van der Waals surface area contributed by atoms with E-state index in [1.165, 1.54) is 19.3 Å². The summed E-state index contributed by atoms with van der Waals surface area (Å²) in [6.07, 6.45) is 3.99. The quantitative estimate of drug-likeness (QED) is 0.741. The molecule has 3 heteroatoms. The molecule has 3 nitrogen and oxygen atoms in total. The van der Waals surface area contributed by atoms with Gasteiger partial charge >= 0.3 is 0 Å². The number of likely N-dealkylation sites (N-methyl/N-ethyl adjacent to an activating group) is 1. The number of nitrogens with zero attached hydrogens (tertiary/aromatic N) is 1. The lowest BCUT2D eigenvalue weighted by Gasteiger charge is -2.33. The van der Waals surface area contributed by atoms with Crippen molar-refractivity contribution in [3.05, 3.63) is 0 Å². The Morgan fingerprint density at radius 2 is 2.12 bits per heavy atom. The molecular formula is C14H30N2O. The molecular weight excluding hydrogens is 212 g/mol. The lowest BCUT2D eigenvalue weighted by atomic mass is 10.0. The first-order chi connectivity index (χ1) is 8.06. The lowest BCUT2D eigenvalue weighted by Crippen LogP contribution is -2.45. The Morgan fingerprint density at radius 1 is 1.41 bits per heavy atom. The van der Waals surface area contributed by atoms with E-state index in [2.05, 4.69) is 45.0 Å². The summed E-state index contributed by atoms with van der Waals surface area (Å²) >= 11 is 0. The standard InChI is InChI=1S/C14H30N2O/c1-6-8-15-11(2)10-12(3)16(5)14-7-9-17-13(14)4/h11-15H,6-10H2,1-5H3. The van der Waals surface area contributed by atoms with Crippen LogP contribution in [0.2, 0.25) is 0 Å². The monoisotopic (exact) mass is 242 g/mol. The van der Waals surface area contributed by atoms with Crippen LogP contribution in [-0.4, -0.2) is 49.3 Å². The molecule has 0 spiro atoms. The van der Waals surface area contributed by atoms with Crippen LogP contribution in [0.1, 0.15) is 47.0 Å². The van der Waals surface area contributed by atoms with Crippen molar-refractivity contribution in [1.29, 1.82) is 0 Å². The molecule has 17 heavy (non-hydrogen) atoms. The maximum Gasteiger partial charge on any atom is 0.0703 e. The van der Waals surface area contributed by atoms with Gasteiger partial charge in [0, 0.05) is 24.7 Å². The van der Waals surface area contributed by atoms with Crippen LogP contribution in [0.4, 0.5) is 0 Å². The van der Waals surface area contributed by atoms with Crippen LogP contribution in [0.25, 0.3) is 0 Å². The molecule has 4 unspecified atom stereocenters. The Kier molecular flexibility index (Phi) is 6.45. The minimum atomic E-state index is 0.390. The van der Waals surface area contributed by atoms with Crippen LogP contribution in [0.5, 0.6) is 0 Å². The number of rotatable bonds is 7. The Bertz CT molecular complexity index is 210. The van der Waals surface area contributed by atoms with Gasteiger partial charge in [0.25, 0.3) is 0 Å². The van der Waals surface area contributed by atoms with Crippen molar-refractivity contribution in [2.24, 2.45) is 0 Å². The predicted molar refractivity (Wildman–Crippen MR) is 73.4 cm³/mol. The van der Waals surface area contributed by atoms with Crippen LogP contribution in [0.3, 0.4) is 0 Å². The highest BCUT2D eigenvalue weighted by Crippen LogP contribution is 2.21. The summed E-state index contributed by atoms with van der Waals surface area (Å²) in [5.41, 5.74) is 0. The highest BCUT2D eigenvalue weighted by Gasteiger charge is 2.30. The van der Waals surface area contributed by atoms with Crippen LogP contribution in [-0.2, 0) is 4.74 Å². The molecule has 1 rings (SSSR count). The van der Waals surface area contributed by atoms with Gasteiger partial charge in [-0.1, -0.05) is 6.92 Å². The van der Waals surface area contributed by atoms with Gasteiger partial charge < -0.3 is 10.1 Å². The fourth-order valence-corrected chi connectivity index (χ4v) is 2.73. The Labute approximate surface area is 107 Å². The summed E-state index contributed by atoms with van der Waals surface area (Å²) < 4.78 is 5.65. The summed E-state index contributed by atoms with van der Waals surface area (Å²) in [6, 6.07) is 1.82. The van der Waals surface area contributed by atoms with E-state index in [0.717, 1.165) is 13.2 Å². The maximum atomic E-state index is 5.65. The molecule has 0 aromatic rings. The van der Waals surface area contributed by atoms with Crippen molar-refractivity contribution in [2.45, 2.75) is 71.2 Å². The van der Waals surface area contributed by atoms with Crippen LogP contribution in [0.15, 0.2) is 0 Å². The minimum absolute atomic E-state index is 0.390. The third-order valence-electron chi connectivity index (χ3n) is 3.99. The summed E-state index contributed by atoms with van der Waals surface area (Å²) in [5, 5.41) is 3.56. The largest absolute Gasteiger partial charge is 0.377 e. The second-order valence-electron chi connectivity index (χ2n) is 5.54. The first-order valence-electron chi connectivity index (χ1n) is 7.13. The predicted octanol–water partition coefficient (Wildman–Crippen LogP) is 2.26. The molecule has 0 aliphatic carbocycles. The molecule has 0 aromatic carbocycles. The fourth-order valence-electron chi connectivity index (χ4n) is 2.73. The normalized spacial score (nSPS) is 28.6. The van der Waals surface area contributed by atoms with Gasteiger partial charge in [-0.05, 0) is 53.6 Å². The summed E-state index contributed by atoms with van der Waals surface area (Å²) in [7, 11) is 2.24. The summed E-state index contributed by atoms with van der Waals surface area (Å²) in [5.74, 6) is 0. The van der Waals surface area contributed by atoms with E-state index in [0.29, 0.717) is 24.2 Å². The highest BCUT2D eigenvalue weighted by molar-refractivity contribution is 4.84. The molecule has 0 radical (unpaired) electrons. The third-order valence-corrected chi connectivity index (χ3v) is 3.99. The fraction of sp³-hybridized carbons (Fsp3) is 1.00. The SMILES string of the molecule is CCCNC(C)CC(C)N(C)C1CCOC1C. The van der Waals surface area contributed by atoms with E-state index in [1.807, 2.05) is 0 Å². The molecule has 0 saturated carbocycles. The van der Waals surface area contributed by atoms with E-state index >= 15 is 0 Å². The van der Waals surface area contributed by atoms with Crippen molar-refractivity contribution in [3.8, 4) is 0 Å². The van der Waals surface area contributed by atoms with Crippen molar-refractivity contribution in [3.63, 3.8) is 0 Å². The molecule has 1 heterocycles. The zero-order valence-electron chi connectivity index (χ0n) is 12.2. The summed E-state index contributed by atoms with van der Waals surface area (Å²) in [4.78, 5) is 2.50. The van der Waals surface area contributed by atoms with Gasteiger partial charge in [-0.15, -0.1) is 0 Å². The Balaban J connectivity index is 2.32. The van der Waals surface area contributed by atoms with Crippen LogP contribution >= 0.6 is 0 Å². The molecule has 0 aromatic heterocycles. The average Bonchev–Trinajstić information content (AvgIpc) is 2.71. The second kappa shape index (κ2) is 7.34. The van der Waals surface area contributed by atoms with Gasteiger partial charge in [-0.2, -0.15) is 0 Å². The first kappa shape index (κ1) is 14.9. The minimum Gasteiger partial charge on any atom is -0.377 e. The zero-order valence-corrected chi connectivity index (χ0v) is 12.2. The van der Waals surface area contributed by atoms with Gasteiger partial charge in [0.05, 0.1) is 6.10 Å². The van der Waals surface area contributed by atoms with Gasteiger partial charge in [-0.3, -0.25) is 4.90 Å². The number of ether oxygens (including phenoxy) is 1. The van der Waals surface area contributed by atoms with E-state index in [9.17, 15) is 0 Å². The number of hydrogen-bond acceptors (Lipinski definition) is 3. The van der Waals surface area contributed by atoms with E-state index in [1.54, 1.807) is 0 Å². The molecule has 1 aliphatic heterocycles. The second-order valence-corrected chi connectivity index (χ2v) is 5.54. The van der Waals surface area contributed by atoms with Crippen molar-refractivity contribution < 1.29 is 4.74 Å². The van der Waals surface area contributed by atoms with E-state index in [4.69, 9.17) is 4.74 Å². The molecule has 1 aliphatic rings. The maximum absolute atomic E-state index is 5.65. The van der Waals surface area contributed by atoms with Gasteiger partial charge in [0.1, 0.15) is 0 Å². The topological polar surface area (TPSA) is 24.5 Å². The molecule has 0 bridgehead atoms. The smallest absolute Gasteiger partial charge is 0.0703 e. The van der Waals surface area contributed by atoms with E-state index in [-0.39, 0.29) is 0 Å². The molecule has 102 valence electrons. The van der Waals surface area contributed by atoms with Crippen molar-refractivity contribution >= 4 is 0 Å².